The van der Waals surface area contributed by atoms with Gasteiger partial charge >= 0.3 is 0 Å². The molecule has 0 heterocycles. The van der Waals surface area contributed by atoms with E-state index in [1.54, 1.807) is 31.2 Å². The molecule has 0 saturated carbocycles. The Morgan fingerprint density at radius 1 is 1.09 bits per heavy atom. The van der Waals surface area contributed by atoms with Crippen LogP contribution in [0.15, 0.2) is 82.8 Å². The summed E-state index contributed by atoms with van der Waals surface area (Å²) in [7, 11) is -2.60. The van der Waals surface area contributed by atoms with Crippen molar-refractivity contribution >= 4 is 61.5 Å². The summed E-state index contributed by atoms with van der Waals surface area (Å²) < 4.78 is 33.9. The summed E-state index contributed by atoms with van der Waals surface area (Å²) in [5, 5.41) is 4.35. The van der Waals surface area contributed by atoms with E-state index >= 15 is 0 Å². The van der Waals surface area contributed by atoms with Gasteiger partial charge in [-0.2, -0.15) is 5.10 Å². The van der Waals surface area contributed by atoms with Crippen LogP contribution in [0.1, 0.15) is 12.5 Å². The standard InChI is InChI=1S/C23H21ClIN3O4S/c1-16(17-7-6-8-18(25)13-17)26-27-23(29)15-28(19-11-12-22(32-2)21(24)14-19)33(30,31)20-9-4-3-5-10-20/h3-14H,15H2,1-2H3,(H,27,29)/b26-16-. The first-order chi connectivity index (χ1) is 15.7. The lowest BCUT2D eigenvalue weighted by Gasteiger charge is -2.24. The van der Waals surface area contributed by atoms with Crippen molar-refractivity contribution in [3.05, 3.63) is 87.0 Å². The number of nitrogens with one attached hydrogen (secondary N) is 1. The molecule has 0 aliphatic rings. The number of hydrogen-bond donors (Lipinski definition) is 1. The van der Waals surface area contributed by atoms with E-state index < -0.39 is 22.5 Å². The fourth-order valence-corrected chi connectivity index (χ4v) is 5.16. The third-order valence-electron chi connectivity index (χ3n) is 4.63. The Morgan fingerprint density at radius 2 is 1.82 bits per heavy atom. The third kappa shape index (κ3) is 6.24. The molecule has 0 spiro atoms. The number of nitrogens with zero attached hydrogens (tertiary/aromatic N) is 2. The predicted molar refractivity (Wildman–Crippen MR) is 138 cm³/mol. The summed E-state index contributed by atoms with van der Waals surface area (Å²) in [5.74, 6) is -0.217. The molecule has 1 amide bonds. The van der Waals surface area contributed by atoms with E-state index in [0.29, 0.717) is 11.5 Å². The minimum absolute atomic E-state index is 0.0447. The number of ether oxygens (including phenoxy) is 1. The Kier molecular flexibility index (Phi) is 8.33. The number of anilines is 1. The molecule has 0 aliphatic carbocycles. The van der Waals surface area contributed by atoms with E-state index in [4.69, 9.17) is 16.3 Å². The van der Waals surface area contributed by atoms with Gasteiger partial charge in [0.15, 0.2) is 0 Å². The van der Waals surface area contributed by atoms with Gasteiger partial charge in [-0.15, -0.1) is 0 Å². The van der Waals surface area contributed by atoms with Crippen molar-refractivity contribution in [3.63, 3.8) is 0 Å². The lowest BCUT2D eigenvalue weighted by molar-refractivity contribution is -0.119. The second-order valence-electron chi connectivity index (χ2n) is 6.89. The molecule has 172 valence electrons. The summed E-state index contributed by atoms with van der Waals surface area (Å²) >= 11 is 8.41. The third-order valence-corrected chi connectivity index (χ3v) is 7.39. The van der Waals surface area contributed by atoms with E-state index in [2.05, 4.69) is 33.1 Å². The van der Waals surface area contributed by atoms with E-state index in [1.165, 1.54) is 31.4 Å². The van der Waals surface area contributed by atoms with Crippen LogP contribution in [-0.2, 0) is 14.8 Å². The maximum absolute atomic E-state index is 13.4. The van der Waals surface area contributed by atoms with Crippen LogP contribution in [0, 0.1) is 3.57 Å². The lowest BCUT2D eigenvalue weighted by atomic mass is 10.1. The molecule has 3 aromatic rings. The first-order valence-corrected chi connectivity index (χ1v) is 12.6. The van der Waals surface area contributed by atoms with Crippen LogP contribution in [0.4, 0.5) is 5.69 Å². The fraction of sp³-hybridized carbons (Fsp3) is 0.130. The molecular formula is C23H21ClIN3O4S. The summed E-state index contributed by atoms with van der Waals surface area (Å²) in [5.41, 5.74) is 4.10. The van der Waals surface area contributed by atoms with Crippen molar-refractivity contribution in [3.8, 4) is 5.75 Å². The predicted octanol–water partition coefficient (Wildman–Crippen LogP) is 4.69. The molecule has 3 rings (SSSR count). The highest BCUT2D eigenvalue weighted by Gasteiger charge is 2.27. The zero-order valence-corrected chi connectivity index (χ0v) is 21.6. The number of methoxy groups -OCH3 is 1. The molecule has 0 aromatic heterocycles. The number of rotatable bonds is 8. The zero-order chi connectivity index (χ0) is 24.0. The number of sulfonamides is 1. The van der Waals surface area contributed by atoms with Gasteiger partial charge in [0, 0.05) is 3.57 Å². The minimum atomic E-state index is -4.06. The fourth-order valence-electron chi connectivity index (χ4n) is 2.94. The van der Waals surface area contributed by atoms with Gasteiger partial charge in [0.25, 0.3) is 15.9 Å². The van der Waals surface area contributed by atoms with Crippen LogP contribution < -0.4 is 14.5 Å². The van der Waals surface area contributed by atoms with Gasteiger partial charge in [-0.25, -0.2) is 13.8 Å². The molecule has 33 heavy (non-hydrogen) atoms. The first-order valence-electron chi connectivity index (χ1n) is 9.73. The van der Waals surface area contributed by atoms with Crippen molar-refractivity contribution in [1.29, 1.82) is 0 Å². The Bertz CT molecular complexity index is 1280. The molecule has 0 fully saturated rings. The lowest BCUT2D eigenvalue weighted by Crippen LogP contribution is -2.39. The van der Waals surface area contributed by atoms with Gasteiger partial charge in [0.1, 0.15) is 12.3 Å². The van der Waals surface area contributed by atoms with E-state index in [0.717, 1.165) is 13.4 Å². The molecule has 0 atom stereocenters. The number of halogens is 2. The van der Waals surface area contributed by atoms with Crippen molar-refractivity contribution in [2.45, 2.75) is 11.8 Å². The van der Waals surface area contributed by atoms with Gasteiger partial charge in [-0.1, -0.05) is 41.9 Å². The normalized spacial score (nSPS) is 11.7. The second kappa shape index (κ2) is 11.0. The van der Waals surface area contributed by atoms with Gasteiger partial charge in [-0.05, 0) is 77.5 Å². The van der Waals surface area contributed by atoms with Crippen LogP contribution in [0.2, 0.25) is 5.02 Å². The van der Waals surface area contributed by atoms with Crippen LogP contribution in [0.3, 0.4) is 0 Å². The van der Waals surface area contributed by atoms with E-state index in [9.17, 15) is 13.2 Å². The van der Waals surface area contributed by atoms with Gasteiger partial charge in [0.05, 0.1) is 28.4 Å². The van der Waals surface area contributed by atoms with Gasteiger partial charge in [0.2, 0.25) is 0 Å². The molecule has 10 heteroatoms. The smallest absolute Gasteiger partial charge is 0.264 e. The quantitative estimate of drug-likeness (QED) is 0.232. The number of benzene rings is 3. The molecule has 3 aromatic carbocycles. The number of carbonyl (C=O) groups is 1. The Balaban J connectivity index is 1.90. The maximum Gasteiger partial charge on any atom is 0.264 e. The highest BCUT2D eigenvalue weighted by Crippen LogP contribution is 2.31. The van der Waals surface area contributed by atoms with Gasteiger partial charge < -0.3 is 4.74 Å². The summed E-state index contributed by atoms with van der Waals surface area (Å²) in [6.07, 6.45) is 0. The highest BCUT2D eigenvalue weighted by atomic mass is 127. The van der Waals surface area contributed by atoms with Crippen LogP contribution in [0.25, 0.3) is 0 Å². The maximum atomic E-state index is 13.4. The number of amides is 1. The summed E-state index contributed by atoms with van der Waals surface area (Å²) in [6.45, 7) is 1.26. The second-order valence-corrected chi connectivity index (χ2v) is 10.4. The largest absolute Gasteiger partial charge is 0.495 e. The monoisotopic (exact) mass is 597 g/mol. The zero-order valence-electron chi connectivity index (χ0n) is 17.8. The molecule has 7 nitrogen and oxygen atoms in total. The highest BCUT2D eigenvalue weighted by molar-refractivity contribution is 14.1. The average Bonchev–Trinajstić information content (AvgIpc) is 2.81. The Hall–Kier alpha value is -2.63. The molecule has 0 bridgehead atoms. The first kappa shape index (κ1) is 25.0. The number of hydrogen-bond acceptors (Lipinski definition) is 5. The number of carbonyl (C=O) groups excluding carboxylic acids is 1. The summed E-state index contributed by atoms with van der Waals surface area (Å²) in [6, 6.07) is 20.0. The van der Waals surface area contributed by atoms with Gasteiger partial charge in [-0.3, -0.25) is 9.10 Å². The molecule has 0 saturated heterocycles. The van der Waals surface area contributed by atoms with Crippen molar-refractivity contribution in [1.82, 2.24) is 5.43 Å². The van der Waals surface area contributed by atoms with Crippen molar-refractivity contribution < 1.29 is 17.9 Å². The van der Waals surface area contributed by atoms with Crippen LogP contribution in [-0.4, -0.2) is 33.7 Å². The van der Waals surface area contributed by atoms with Crippen molar-refractivity contribution in [2.24, 2.45) is 5.10 Å². The molecule has 0 aliphatic heterocycles. The minimum Gasteiger partial charge on any atom is -0.495 e. The SMILES string of the molecule is COc1ccc(N(CC(=O)N/N=C(/C)c2cccc(I)c2)S(=O)(=O)c2ccccc2)cc1Cl. The molecule has 0 unspecified atom stereocenters. The number of hydrazone groups is 1. The van der Waals surface area contributed by atoms with E-state index in [-0.39, 0.29) is 15.6 Å². The Labute approximate surface area is 211 Å². The summed E-state index contributed by atoms with van der Waals surface area (Å²) in [4.78, 5) is 12.8. The van der Waals surface area contributed by atoms with Crippen LogP contribution >= 0.6 is 34.2 Å². The van der Waals surface area contributed by atoms with Crippen LogP contribution in [0.5, 0.6) is 5.75 Å². The molecule has 0 radical (unpaired) electrons. The molecule has 1 N–H and O–H groups in total. The average molecular weight is 598 g/mol. The Morgan fingerprint density at radius 3 is 2.45 bits per heavy atom. The molecular weight excluding hydrogens is 577 g/mol. The topological polar surface area (TPSA) is 88.1 Å². The van der Waals surface area contributed by atoms with E-state index in [1.807, 2.05) is 24.3 Å². The van der Waals surface area contributed by atoms with Crippen molar-refractivity contribution in [2.75, 3.05) is 18.0 Å².